The van der Waals surface area contributed by atoms with Crippen LogP contribution in [0.5, 0.6) is 17.2 Å². The van der Waals surface area contributed by atoms with Crippen molar-refractivity contribution in [1.29, 1.82) is 0 Å². The van der Waals surface area contributed by atoms with Crippen molar-refractivity contribution in [3.63, 3.8) is 0 Å². The molecule has 1 fully saturated rings. The lowest BCUT2D eigenvalue weighted by Crippen LogP contribution is -2.47. The summed E-state index contributed by atoms with van der Waals surface area (Å²) in [4.78, 5) is 56.0. The van der Waals surface area contributed by atoms with E-state index in [4.69, 9.17) is 14.2 Å². The smallest absolute Gasteiger partial charge is 0.258 e. The summed E-state index contributed by atoms with van der Waals surface area (Å²) in [5.41, 5.74) is 3.25. The Labute approximate surface area is 322 Å². The molecule has 1 saturated carbocycles. The molecule has 9 rings (SSSR count). The first-order chi connectivity index (χ1) is 26.8. The maximum Gasteiger partial charge on any atom is 0.258 e. The van der Waals surface area contributed by atoms with Gasteiger partial charge in [0.05, 0.1) is 13.2 Å². The molecule has 0 spiro atoms. The molecule has 11 heteroatoms. The van der Waals surface area contributed by atoms with Crippen molar-refractivity contribution in [2.75, 3.05) is 26.3 Å². The third-order valence-corrected chi connectivity index (χ3v) is 9.99. The van der Waals surface area contributed by atoms with Gasteiger partial charge in [-0.15, -0.1) is 0 Å². The van der Waals surface area contributed by atoms with E-state index >= 15 is 0 Å². The van der Waals surface area contributed by atoms with Gasteiger partial charge in [0.25, 0.3) is 11.8 Å². The van der Waals surface area contributed by atoms with Crippen molar-refractivity contribution >= 4 is 23.6 Å². The molecule has 1 atom stereocenters. The summed E-state index contributed by atoms with van der Waals surface area (Å²) in [5, 5.41) is 9.10. The highest BCUT2D eigenvalue weighted by Crippen LogP contribution is 2.33. The molecule has 0 radical (unpaired) electrons. The van der Waals surface area contributed by atoms with E-state index in [-0.39, 0.29) is 68.3 Å². The van der Waals surface area contributed by atoms with E-state index in [1.165, 1.54) is 4.90 Å². The number of hydrogen-bond donors (Lipinski definition) is 3. The number of nitrogens with zero attached hydrogens (tertiary/aromatic N) is 1. The molecule has 55 heavy (non-hydrogen) atoms. The molecule has 1 aliphatic carbocycles. The second-order valence-corrected chi connectivity index (χ2v) is 14.1. The highest BCUT2D eigenvalue weighted by atomic mass is 16.5. The Kier molecular flexibility index (Phi) is 13.8. The third kappa shape index (κ3) is 11.3. The van der Waals surface area contributed by atoms with Crippen molar-refractivity contribution < 1.29 is 33.4 Å². The standard InChI is InChI=1S/C44H50N4O7/c1-2-53-38-15-9-14-35-29-54-37-22-18-31(19-23-37)24-25-45-40(50)28-48(27-33-10-5-3-6-11-33)44(52)42(34-12-7-4-8-13-34)47-39(49)26-32-16-20-36(21-17-32)46-41(51)30-55-43(35)38/h3-15,18-19,22-23,32,36,42H,2,16-17,20-21,24-30H2,1H3,(H,45,50)(H,46,51)(H,47,49)/t32?,36?,42-/m0/s1. The fourth-order valence-electron chi connectivity index (χ4n) is 7.13. The van der Waals surface area contributed by atoms with Crippen molar-refractivity contribution in [3.05, 3.63) is 125 Å². The van der Waals surface area contributed by atoms with E-state index < -0.39 is 6.04 Å². The molecule has 3 N–H and O–H groups in total. The number of ether oxygens (including phenoxy) is 3. The summed E-state index contributed by atoms with van der Waals surface area (Å²) in [5.74, 6) is 0.630. The van der Waals surface area contributed by atoms with Crippen molar-refractivity contribution in [1.82, 2.24) is 20.9 Å². The maximum absolute atomic E-state index is 14.4. The van der Waals surface area contributed by atoms with Crippen molar-refractivity contribution in [2.45, 2.75) is 70.7 Å². The molecule has 4 heterocycles. The first-order valence-electron chi connectivity index (χ1n) is 19.2. The normalized spacial score (nSPS) is 20.5. The number of nitrogens with one attached hydrogen (secondary N) is 3. The van der Waals surface area contributed by atoms with E-state index in [0.29, 0.717) is 42.4 Å². The first-order valence-corrected chi connectivity index (χ1v) is 19.2. The Morgan fingerprint density at radius 1 is 0.727 bits per heavy atom. The maximum atomic E-state index is 14.4. The second-order valence-electron chi connectivity index (χ2n) is 14.1. The van der Waals surface area contributed by atoms with Crippen LogP contribution >= 0.6 is 0 Å². The van der Waals surface area contributed by atoms with Gasteiger partial charge < -0.3 is 35.1 Å². The van der Waals surface area contributed by atoms with Crippen LogP contribution in [0.15, 0.2) is 103 Å². The van der Waals surface area contributed by atoms with Gasteiger partial charge in [0.15, 0.2) is 18.1 Å². The average molecular weight is 747 g/mol. The lowest BCUT2D eigenvalue weighted by molar-refractivity contribution is -0.140. The number of benzene rings is 4. The monoisotopic (exact) mass is 746 g/mol. The minimum atomic E-state index is -0.974. The summed E-state index contributed by atoms with van der Waals surface area (Å²) in [6, 6.07) is 30.8. The molecule has 4 aliphatic heterocycles. The van der Waals surface area contributed by atoms with Gasteiger partial charge in [0.2, 0.25) is 11.8 Å². The van der Waals surface area contributed by atoms with Gasteiger partial charge in [0, 0.05) is 31.1 Å². The fraction of sp³-hybridized carbons (Fsp3) is 0.364. The highest BCUT2D eigenvalue weighted by Gasteiger charge is 2.31. The quantitative estimate of drug-likeness (QED) is 0.240. The SMILES string of the molecule is CCOc1cccc2c1OCC(=O)NC1CCC(CC1)CC(=O)N[C@@H](c1ccccc1)C(=O)N(Cc1ccccc1)CC(=O)NCCc1ccc(cc1)OC2. The van der Waals surface area contributed by atoms with E-state index in [1.807, 2.05) is 110 Å². The minimum absolute atomic E-state index is 0.0395. The molecular weight excluding hydrogens is 697 g/mol. The Bertz CT molecular complexity index is 1880. The summed E-state index contributed by atoms with van der Waals surface area (Å²) in [6.45, 7) is 2.74. The van der Waals surface area contributed by atoms with Crippen LogP contribution in [0, 0.1) is 5.92 Å². The Balaban J connectivity index is 1.22. The molecule has 5 aliphatic rings. The van der Waals surface area contributed by atoms with Gasteiger partial charge in [-0.2, -0.15) is 0 Å². The zero-order valence-electron chi connectivity index (χ0n) is 31.3. The fourth-order valence-corrected chi connectivity index (χ4v) is 7.13. The predicted molar refractivity (Wildman–Crippen MR) is 208 cm³/mol. The molecule has 0 aromatic heterocycles. The molecular formula is C44H50N4O7. The lowest BCUT2D eigenvalue weighted by atomic mass is 9.84. The molecule has 4 aromatic rings. The average Bonchev–Trinajstić information content (AvgIpc) is 3.20. The molecule has 288 valence electrons. The number of carbonyl (C=O) groups excluding carboxylic acids is 4. The van der Waals surface area contributed by atoms with Crippen LogP contribution in [0.25, 0.3) is 0 Å². The predicted octanol–water partition coefficient (Wildman–Crippen LogP) is 5.67. The Morgan fingerprint density at radius 3 is 2.18 bits per heavy atom. The van der Waals surface area contributed by atoms with Gasteiger partial charge in [-0.1, -0.05) is 84.9 Å². The van der Waals surface area contributed by atoms with Crippen LogP contribution in [0.3, 0.4) is 0 Å². The molecule has 4 amide bonds. The summed E-state index contributed by atoms with van der Waals surface area (Å²) in [7, 11) is 0. The Morgan fingerprint density at radius 2 is 1.45 bits per heavy atom. The minimum Gasteiger partial charge on any atom is -0.490 e. The van der Waals surface area contributed by atoms with E-state index in [2.05, 4.69) is 16.0 Å². The highest BCUT2D eigenvalue weighted by molar-refractivity contribution is 5.91. The number of carbonyl (C=O) groups is 4. The van der Waals surface area contributed by atoms with E-state index in [0.717, 1.165) is 42.4 Å². The molecule has 11 nitrogen and oxygen atoms in total. The second kappa shape index (κ2) is 19.5. The number of amides is 4. The molecule has 4 aromatic carbocycles. The van der Waals surface area contributed by atoms with Gasteiger partial charge in [-0.3, -0.25) is 19.2 Å². The zero-order chi connectivity index (χ0) is 38.4. The van der Waals surface area contributed by atoms with Crippen molar-refractivity contribution in [3.8, 4) is 17.2 Å². The topological polar surface area (TPSA) is 135 Å². The van der Waals surface area contributed by atoms with Crippen LogP contribution in [-0.4, -0.2) is 60.9 Å². The summed E-state index contributed by atoms with van der Waals surface area (Å²) in [6.07, 6.45) is 3.76. The lowest BCUT2D eigenvalue weighted by Gasteiger charge is -2.30. The van der Waals surface area contributed by atoms with Crippen LogP contribution in [-0.2, 0) is 38.8 Å². The molecule has 4 bridgehead atoms. The van der Waals surface area contributed by atoms with Crippen LogP contribution in [0.1, 0.15) is 67.3 Å². The number of para-hydroxylation sites is 1. The third-order valence-electron chi connectivity index (χ3n) is 9.99. The van der Waals surface area contributed by atoms with Crippen molar-refractivity contribution in [2.24, 2.45) is 5.92 Å². The molecule has 0 saturated heterocycles. The van der Waals surface area contributed by atoms with Crippen LogP contribution in [0.4, 0.5) is 0 Å². The summed E-state index contributed by atoms with van der Waals surface area (Å²) < 4.78 is 18.0. The largest absolute Gasteiger partial charge is 0.490 e. The van der Waals surface area contributed by atoms with Gasteiger partial charge in [-0.05, 0) is 79.8 Å². The van der Waals surface area contributed by atoms with Gasteiger partial charge >= 0.3 is 0 Å². The zero-order valence-corrected chi connectivity index (χ0v) is 31.3. The van der Waals surface area contributed by atoms with Gasteiger partial charge in [0.1, 0.15) is 18.4 Å². The Hall–Kier alpha value is -5.84. The molecule has 0 unspecified atom stereocenters. The van der Waals surface area contributed by atoms with Crippen LogP contribution in [0.2, 0.25) is 0 Å². The van der Waals surface area contributed by atoms with Crippen LogP contribution < -0.4 is 30.2 Å². The van der Waals surface area contributed by atoms with E-state index in [9.17, 15) is 19.2 Å². The number of hydrogen-bond acceptors (Lipinski definition) is 7. The number of rotatable bonds is 5. The summed E-state index contributed by atoms with van der Waals surface area (Å²) >= 11 is 0. The van der Waals surface area contributed by atoms with Gasteiger partial charge in [-0.25, -0.2) is 0 Å². The first kappa shape index (κ1) is 38.9. The van der Waals surface area contributed by atoms with E-state index in [1.54, 1.807) is 0 Å².